The molecule has 0 N–H and O–H groups in total. The maximum atomic E-state index is 12.8. The normalized spacial score (nSPS) is 28.8. The quantitative estimate of drug-likeness (QED) is 0.360. The molecule has 1 aromatic carbocycles. The number of carbonyl (C=O) groups excluding carboxylic acids is 1. The average molecular weight is 469 g/mol. The Kier molecular flexibility index (Phi) is 5.32. The first-order valence-electron chi connectivity index (χ1n) is 8.80. The molecule has 0 saturated heterocycles. The number of methoxy groups -OCH3 is 1. The van der Waals surface area contributed by atoms with Crippen LogP contribution in [0, 0.1) is 28.1 Å². The highest BCUT2D eigenvalue weighted by molar-refractivity contribution is 9.10. The van der Waals surface area contributed by atoms with Crippen molar-refractivity contribution in [2.45, 2.75) is 31.5 Å². The van der Waals surface area contributed by atoms with E-state index < -0.39 is 26.7 Å². The number of benzene rings is 1. The monoisotopic (exact) mass is 468 g/mol. The van der Waals surface area contributed by atoms with Gasteiger partial charge in [-0.25, -0.2) is 0 Å². The minimum atomic E-state index is -4.17. The average Bonchev–Trinajstić information content (AvgIpc) is 2.97. The summed E-state index contributed by atoms with van der Waals surface area (Å²) in [4.78, 5) is 12.4. The Morgan fingerprint density at radius 1 is 1.36 bits per heavy atom. The number of alkyl halides is 1. The van der Waals surface area contributed by atoms with Crippen molar-refractivity contribution < 1.29 is 22.2 Å². The van der Waals surface area contributed by atoms with Crippen LogP contribution in [0.15, 0.2) is 29.4 Å². The molecule has 0 radical (unpaired) electrons. The molecule has 0 aliphatic heterocycles. The largest absolute Gasteiger partial charge is 0.497 e. The maximum Gasteiger partial charge on any atom is 0.329 e. The topological polar surface area (TPSA) is 106 Å². The SMILES string of the molecule is COc1ccc(/C(C#N)=N\OS(=O)(=O)CC23CCC(C(Br)C2=O)C3(C)C)cc1. The molecule has 9 heteroatoms. The summed E-state index contributed by atoms with van der Waals surface area (Å²) in [6.07, 6.45) is 1.28. The summed E-state index contributed by atoms with van der Waals surface area (Å²) in [5.41, 5.74) is -1.25. The molecule has 0 spiro atoms. The third kappa shape index (κ3) is 3.22. The van der Waals surface area contributed by atoms with Gasteiger partial charge in [-0.1, -0.05) is 34.9 Å². The van der Waals surface area contributed by atoms with Crippen molar-refractivity contribution in [2.75, 3.05) is 12.9 Å². The summed E-state index contributed by atoms with van der Waals surface area (Å²) in [6, 6.07) is 8.25. The van der Waals surface area contributed by atoms with Gasteiger partial charge in [0, 0.05) is 5.56 Å². The number of nitrogens with zero attached hydrogens (tertiary/aromatic N) is 2. The van der Waals surface area contributed by atoms with Gasteiger partial charge in [0.15, 0.2) is 11.5 Å². The smallest absolute Gasteiger partial charge is 0.329 e. The van der Waals surface area contributed by atoms with Gasteiger partial charge in [0.05, 0.1) is 17.4 Å². The Balaban J connectivity index is 1.83. The lowest BCUT2D eigenvalue weighted by molar-refractivity contribution is -0.127. The van der Waals surface area contributed by atoms with Crippen molar-refractivity contribution in [3.05, 3.63) is 29.8 Å². The third-order valence-corrected chi connectivity index (χ3v) is 8.45. The van der Waals surface area contributed by atoms with Crippen molar-refractivity contribution in [1.82, 2.24) is 0 Å². The molecule has 3 rings (SSSR count). The second kappa shape index (κ2) is 7.16. The summed E-state index contributed by atoms with van der Waals surface area (Å²) < 4.78 is 35.1. The fourth-order valence-corrected chi connectivity index (χ4v) is 7.34. The predicted octanol–water partition coefficient (Wildman–Crippen LogP) is 3.04. The van der Waals surface area contributed by atoms with E-state index in [2.05, 4.69) is 21.1 Å². The minimum absolute atomic E-state index is 0.0904. The molecule has 2 aliphatic rings. The lowest BCUT2D eigenvalue weighted by atomic mass is 9.70. The van der Waals surface area contributed by atoms with Gasteiger partial charge in [-0.15, -0.1) is 0 Å². The highest BCUT2D eigenvalue weighted by Gasteiger charge is 2.69. The van der Waals surface area contributed by atoms with Gasteiger partial charge in [-0.05, 0) is 48.4 Å². The second-order valence-corrected chi connectivity index (χ2v) is 10.3. The summed E-state index contributed by atoms with van der Waals surface area (Å²) in [6.45, 7) is 3.86. The van der Waals surface area contributed by atoms with Crippen LogP contribution in [-0.2, 0) is 19.2 Å². The van der Waals surface area contributed by atoms with E-state index in [0.29, 0.717) is 17.7 Å². The first kappa shape index (κ1) is 20.8. The zero-order chi connectivity index (χ0) is 20.7. The molecular weight excluding hydrogens is 448 g/mol. The predicted molar refractivity (Wildman–Crippen MR) is 107 cm³/mol. The van der Waals surface area contributed by atoms with Gasteiger partial charge < -0.3 is 4.74 Å². The first-order chi connectivity index (χ1) is 13.1. The Morgan fingerprint density at radius 2 is 2.00 bits per heavy atom. The molecule has 150 valence electrons. The van der Waals surface area contributed by atoms with Gasteiger partial charge >= 0.3 is 10.1 Å². The van der Waals surface area contributed by atoms with Crippen LogP contribution in [0.4, 0.5) is 0 Å². The number of fused-ring (bicyclic) bond motifs is 2. The molecule has 28 heavy (non-hydrogen) atoms. The number of hydrogen-bond acceptors (Lipinski definition) is 7. The van der Waals surface area contributed by atoms with Crippen LogP contribution in [0.1, 0.15) is 32.3 Å². The van der Waals surface area contributed by atoms with Crippen LogP contribution < -0.4 is 4.74 Å². The molecule has 2 aliphatic carbocycles. The van der Waals surface area contributed by atoms with Crippen molar-refractivity contribution in [3.8, 4) is 11.8 Å². The minimum Gasteiger partial charge on any atom is -0.497 e. The zero-order valence-electron chi connectivity index (χ0n) is 15.8. The number of halogens is 1. The van der Waals surface area contributed by atoms with Gasteiger partial charge in [-0.3, -0.25) is 9.08 Å². The highest BCUT2D eigenvalue weighted by Crippen LogP contribution is 2.65. The molecule has 0 aromatic heterocycles. The maximum absolute atomic E-state index is 12.8. The first-order valence-corrected chi connectivity index (χ1v) is 11.3. The van der Waals surface area contributed by atoms with E-state index in [-0.39, 0.29) is 22.2 Å². The number of ketones is 1. The lowest BCUT2D eigenvalue weighted by Crippen LogP contribution is -2.43. The van der Waals surface area contributed by atoms with E-state index in [4.69, 9.17) is 9.02 Å². The van der Waals surface area contributed by atoms with Gasteiger partial charge in [-0.2, -0.15) is 13.7 Å². The van der Waals surface area contributed by atoms with Gasteiger partial charge in [0.1, 0.15) is 17.6 Å². The molecule has 3 unspecified atom stereocenters. The van der Waals surface area contributed by atoms with Crippen LogP contribution in [0.3, 0.4) is 0 Å². The standard InChI is InChI=1S/C19H21BrN2O5S/c1-18(2)14-8-9-19(18,17(23)16(14)20)11-28(24,25)27-22-15(10-21)12-4-6-13(26-3)7-5-12/h4-7,14,16H,8-9,11H2,1-3H3/b22-15-. The Bertz CT molecular complexity index is 965. The van der Waals surface area contributed by atoms with E-state index in [1.165, 1.54) is 7.11 Å². The number of oxime groups is 1. The molecule has 7 nitrogen and oxygen atoms in total. The molecule has 1 aromatic rings. The summed E-state index contributed by atoms with van der Waals surface area (Å²) >= 11 is 3.43. The van der Waals surface area contributed by atoms with E-state index in [1.54, 1.807) is 24.3 Å². The Labute approximate surface area is 172 Å². The number of carbonyl (C=O) groups is 1. The van der Waals surface area contributed by atoms with E-state index >= 15 is 0 Å². The van der Waals surface area contributed by atoms with Crippen LogP contribution in [0.5, 0.6) is 5.75 Å². The van der Waals surface area contributed by atoms with Crippen molar-refractivity contribution >= 4 is 37.5 Å². The molecule has 2 fully saturated rings. The number of rotatable bonds is 6. The fourth-order valence-electron chi connectivity index (χ4n) is 4.48. The number of Topliss-reactive ketones (excluding diaryl/α,β-unsaturated/α-hetero) is 1. The molecule has 0 heterocycles. The van der Waals surface area contributed by atoms with Crippen molar-refractivity contribution in [2.24, 2.45) is 21.9 Å². The lowest BCUT2D eigenvalue weighted by Gasteiger charge is -2.35. The Morgan fingerprint density at radius 3 is 2.50 bits per heavy atom. The molecule has 2 bridgehead atoms. The van der Waals surface area contributed by atoms with Crippen LogP contribution in [0.2, 0.25) is 0 Å². The number of nitriles is 1. The summed E-state index contributed by atoms with van der Waals surface area (Å²) in [5.74, 6) is 0.138. The van der Waals surface area contributed by atoms with E-state index in [1.807, 2.05) is 19.9 Å². The van der Waals surface area contributed by atoms with Gasteiger partial charge in [0.2, 0.25) is 0 Å². The van der Waals surface area contributed by atoms with E-state index in [9.17, 15) is 18.5 Å². The molecule has 3 atom stereocenters. The molecular formula is C19H21BrN2O5S. The van der Waals surface area contributed by atoms with Crippen LogP contribution in [0.25, 0.3) is 0 Å². The van der Waals surface area contributed by atoms with Crippen LogP contribution >= 0.6 is 15.9 Å². The summed E-state index contributed by atoms with van der Waals surface area (Å²) in [5, 5.41) is 12.9. The van der Waals surface area contributed by atoms with Crippen molar-refractivity contribution in [3.63, 3.8) is 0 Å². The number of hydrogen-bond donors (Lipinski definition) is 0. The zero-order valence-corrected chi connectivity index (χ0v) is 18.2. The third-order valence-electron chi connectivity index (χ3n) is 6.25. The molecule has 2 saturated carbocycles. The summed E-state index contributed by atoms with van der Waals surface area (Å²) in [7, 11) is -2.65. The fraction of sp³-hybridized carbons (Fsp3) is 0.526. The highest BCUT2D eigenvalue weighted by atomic mass is 79.9. The van der Waals surface area contributed by atoms with E-state index in [0.717, 1.165) is 6.42 Å². The molecule has 0 amide bonds. The van der Waals surface area contributed by atoms with Gasteiger partial charge in [0.25, 0.3) is 0 Å². The van der Waals surface area contributed by atoms with Crippen molar-refractivity contribution in [1.29, 1.82) is 5.26 Å². The Hall–Kier alpha value is -1.92. The second-order valence-electron chi connectivity index (χ2n) is 7.77. The number of ether oxygens (including phenoxy) is 1. The van der Waals surface area contributed by atoms with Crippen LogP contribution in [-0.4, -0.2) is 37.6 Å².